The Hall–Kier alpha value is -3.15. The van der Waals surface area contributed by atoms with Crippen molar-refractivity contribution in [2.75, 3.05) is 5.32 Å². The van der Waals surface area contributed by atoms with Crippen molar-refractivity contribution in [2.45, 2.75) is 18.5 Å². The maximum atomic E-state index is 13.0. The fourth-order valence-corrected chi connectivity index (χ4v) is 2.96. The van der Waals surface area contributed by atoms with E-state index in [1.165, 1.54) is 6.07 Å². The fraction of sp³-hybridized carbons (Fsp3) is 0.150. The lowest BCUT2D eigenvalue weighted by molar-refractivity contribution is -0.143. The molecule has 3 aromatic rings. The number of nitrogens with one attached hydrogen (secondary N) is 1. The van der Waals surface area contributed by atoms with Crippen molar-refractivity contribution in [3.8, 4) is 11.3 Å². The average molecular weight is 502 g/mol. The Kier molecular flexibility index (Phi) is 6.18. The molecule has 1 aromatic heterocycles. The van der Waals surface area contributed by atoms with Crippen molar-refractivity contribution >= 4 is 23.2 Å². The van der Waals surface area contributed by atoms with Gasteiger partial charge in [-0.1, -0.05) is 11.6 Å². The van der Waals surface area contributed by atoms with Gasteiger partial charge in [0.25, 0.3) is 5.91 Å². The third-order valence-electron chi connectivity index (χ3n) is 4.23. The highest BCUT2D eigenvalue weighted by molar-refractivity contribution is 6.31. The SMILES string of the molecule is O=C(Nc1cc(C(F)(F)F)cc(C(F)(F)F)c1)c1ccc(-c2ccc(Cl)c(C(F)(F)F)c2)o1. The van der Waals surface area contributed by atoms with Gasteiger partial charge >= 0.3 is 18.5 Å². The molecule has 0 unspecified atom stereocenters. The van der Waals surface area contributed by atoms with Gasteiger partial charge in [0.05, 0.1) is 21.7 Å². The van der Waals surface area contributed by atoms with Gasteiger partial charge in [-0.05, 0) is 48.5 Å². The molecular formula is C20H9ClF9NO2. The van der Waals surface area contributed by atoms with Crippen LogP contribution in [0, 0.1) is 0 Å². The summed E-state index contributed by atoms with van der Waals surface area (Å²) in [6, 6.07) is 5.35. The molecule has 33 heavy (non-hydrogen) atoms. The van der Waals surface area contributed by atoms with E-state index in [1.807, 2.05) is 5.32 Å². The Bertz CT molecular complexity index is 1160. The summed E-state index contributed by atoms with van der Waals surface area (Å²) < 4.78 is 122. The van der Waals surface area contributed by atoms with Crippen LogP contribution in [0.3, 0.4) is 0 Å². The Morgan fingerprint density at radius 2 is 1.33 bits per heavy atom. The second-order valence-corrected chi connectivity index (χ2v) is 7.01. The van der Waals surface area contributed by atoms with Crippen LogP contribution in [0.1, 0.15) is 27.2 Å². The molecule has 3 nitrogen and oxygen atoms in total. The average Bonchev–Trinajstić information content (AvgIpc) is 3.16. The molecule has 13 heteroatoms. The summed E-state index contributed by atoms with van der Waals surface area (Å²) in [5, 5.41) is 1.28. The zero-order chi connectivity index (χ0) is 24.8. The van der Waals surface area contributed by atoms with E-state index in [2.05, 4.69) is 0 Å². The van der Waals surface area contributed by atoms with E-state index in [-0.39, 0.29) is 17.4 Å². The summed E-state index contributed by atoms with van der Waals surface area (Å²) >= 11 is 5.53. The standard InChI is InChI=1S/C20H9ClF9NO2/c21-14-2-1-9(5-13(14)20(28,29)30)15-3-4-16(33-15)17(32)31-12-7-10(18(22,23)24)6-11(8-12)19(25,26)27/h1-8H,(H,31,32). The van der Waals surface area contributed by atoms with Crippen molar-refractivity contribution in [2.24, 2.45) is 0 Å². The maximum absolute atomic E-state index is 13.0. The number of furan rings is 1. The van der Waals surface area contributed by atoms with E-state index < -0.39 is 57.6 Å². The van der Waals surface area contributed by atoms with Gasteiger partial charge in [-0.2, -0.15) is 39.5 Å². The molecule has 176 valence electrons. The van der Waals surface area contributed by atoms with Crippen molar-refractivity contribution in [3.05, 3.63) is 76.0 Å². The molecule has 1 heterocycles. The number of carbonyl (C=O) groups is 1. The van der Waals surface area contributed by atoms with E-state index in [4.69, 9.17) is 16.0 Å². The largest absolute Gasteiger partial charge is 0.451 e. The first-order valence-corrected chi connectivity index (χ1v) is 9.01. The lowest BCUT2D eigenvalue weighted by Gasteiger charge is -2.14. The highest BCUT2D eigenvalue weighted by Crippen LogP contribution is 2.39. The number of rotatable bonds is 3. The van der Waals surface area contributed by atoms with Crippen LogP contribution in [0.5, 0.6) is 0 Å². The lowest BCUT2D eigenvalue weighted by atomic mass is 10.1. The topological polar surface area (TPSA) is 42.2 Å². The third-order valence-corrected chi connectivity index (χ3v) is 4.56. The van der Waals surface area contributed by atoms with Crippen LogP contribution in [0.15, 0.2) is 52.9 Å². The van der Waals surface area contributed by atoms with Gasteiger partial charge in [-0.3, -0.25) is 4.79 Å². The zero-order valence-electron chi connectivity index (χ0n) is 15.7. The lowest BCUT2D eigenvalue weighted by Crippen LogP contribution is -2.15. The molecule has 1 N–H and O–H groups in total. The molecule has 0 spiro atoms. The van der Waals surface area contributed by atoms with E-state index >= 15 is 0 Å². The number of amides is 1. The molecule has 0 bridgehead atoms. The molecule has 0 aliphatic carbocycles. The minimum atomic E-state index is -5.12. The summed E-state index contributed by atoms with van der Waals surface area (Å²) in [4.78, 5) is 12.3. The number of anilines is 1. The van der Waals surface area contributed by atoms with Crippen LogP contribution in [-0.2, 0) is 18.5 Å². The summed E-state index contributed by atoms with van der Waals surface area (Å²) in [6.45, 7) is 0. The van der Waals surface area contributed by atoms with Crippen LogP contribution in [0.25, 0.3) is 11.3 Å². The van der Waals surface area contributed by atoms with Gasteiger partial charge in [0.15, 0.2) is 5.76 Å². The Morgan fingerprint density at radius 1 is 0.758 bits per heavy atom. The zero-order valence-corrected chi connectivity index (χ0v) is 16.5. The number of alkyl halides is 9. The predicted octanol–water partition coefficient (Wildman–Crippen LogP) is 7.91. The number of hydrogen-bond acceptors (Lipinski definition) is 2. The van der Waals surface area contributed by atoms with E-state index in [9.17, 15) is 44.3 Å². The van der Waals surface area contributed by atoms with Crippen LogP contribution in [0.4, 0.5) is 45.2 Å². The van der Waals surface area contributed by atoms with Gasteiger partial charge in [0, 0.05) is 11.3 Å². The van der Waals surface area contributed by atoms with Gasteiger partial charge in [0.1, 0.15) is 5.76 Å². The molecule has 0 saturated carbocycles. The molecule has 0 fully saturated rings. The van der Waals surface area contributed by atoms with Crippen LogP contribution in [0.2, 0.25) is 5.02 Å². The van der Waals surface area contributed by atoms with Crippen LogP contribution < -0.4 is 5.32 Å². The smallest absolute Gasteiger partial charge is 0.417 e. The number of halogens is 10. The van der Waals surface area contributed by atoms with Crippen LogP contribution >= 0.6 is 11.6 Å². The van der Waals surface area contributed by atoms with Crippen molar-refractivity contribution in [3.63, 3.8) is 0 Å². The first kappa shape index (κ1) is 24.5. The Morgan fingerprint density at radius 3 is 1.85 bits per heavy atom. The number of carbonyl (C=O) groups excluding carboxylic acids is 1. The molecule has 3 rings (SSSR count). The quantitative estimate of drug-likeness (QED) is 0.371. The molecule has 0 saturated heterocycles. The predicted molar refractivity (Wildman–Crippen MR) is 98.6 cm³/mol. The van der Waals surface area contributed by atoms with Crippen molar-refractivity contribution in [1.29, 1.82) is 0 Å². The minimum absolute atomic E-state index is 0.112. The van der Waals surface area contributed by atoms with Gasteiger partial charge in [0.2, 0.25) is 0 Å². The molecule has 1 amide bonds. The van der Waals surface area contributed by atoms with Gasteiger partial charge in [-0.25, -0.2) is 0 Å². The Balaban J connectivity index is 1.91. The highest BCUT2D eigenvalue weighted by atomic mass is 35.5. The summed E-state index contributed by atoms with van der Waals surface area (Å²) in [5.74, 6) is -2.01. The molecular weight excluding hydrogens is 493 g/mol. The normalized spacial score (nSPS) is 12.7. The molecule has 0 atom stereocenters. The molecule has 0 radical (unpaired) electrons. The second-order valence-electron chi connectivity index (χ2n) is 6.60. The van der Waals surface area contributed by atoms with Crippen molar-refractivity contribution in [1.82, 2.24) is 0 Å². The highest BCUT2D eigenvalue weighted by Gasteiger charge is 2.37. The fourth-order valence-electron chi connectivity index (χ4n) is 2.73. The second kappa shape index (κ2) is 8.32. The van der Waals surface area contributed by atoms with E-state index in [1.54, 1.807) is 0 Å². The van der Waals surface area contributed by atoms with Crippen LogP contribution in [-0.4, -0.2) is 5.91 Å². The van der Waals surface area contributed by atoms with Crippen molar-refractivity contribution < 1.29 is 48.7 Å². The van der Waals surface area contributed by atoms with Gasteiger partial charge < -0.3 is 9.73 Å². The molecule has 0 aliphatic rings. The maximum Gasteiger partial charge on any atom is 0.417 e. The van der Waals surface area contributed by atoms with E-state index in [0.717, 1.165) is 18.2 Å². The first-order chi connectivity index (χ1) is 15.1. The van der Waals surface area contributed by atoms with E-state index in [0.29, 0.717) is 18.2 Å². The number of hydrogen-bond donors (Lipinski definition) is 1. The molecule has 0 aliphatic heterocycles. The summed E-state index contributed by atoms with van der Waals surface area (Å²) in [7, 11) is 0. The van der Waals surface area contributed by atoms with Gasteiger partial charge in [-0.15, -0.1) is 0 Å². The monoisotopic (exact) mass is 501 g/mol. The number of benzene rings is 2. The first-order valence-electron chi connectivity index (χ1n) is 8.63. The Labute approximate surface area is 183 Å². The summed E-state index contributed by atoms with van der Waals surface area (Å²) in [5.41, 5.74) is -5.40. The summed E-state index contributed by atoms with van der Waals surface area (Å²) in [6.07, 6.45) is -15.0. The third kappa shape index (κ3) is 5.62. The molecule has 2 aromatic carbocycles. The minimum Gasteiger partial charge on any atom is -0.451 e.